The van der Waals surface area contributed by atoms with Crippen LogP contribution in [0.3, 0.4) is 0 Å². The first-order chi connectivity index (χ1) is 19.1. The Morgan fingerprint density at radius 3 is 2.55 bits per heavy atom. The molecule has 3 saturated heterocycles. The molecule has 0 radical (unpaired) electrons. The third-order valence-corrected chi connectivity index (χ3v) is 11.2. The lowest BCUT2D eigenvalue weighted by atomic mass is 10.1. The van der Waals surface area contributed by atoms with E-state index < -0.39 is 16.1 Å². The van der Waals surface area contributed by atoms with Gasteiger partial charge in [-0.1, -0.05) is 11.6 Å². The molecular weight excluding hydrogens is 576 g/mol. The fourth-order valence-corrected chi connectivity index (χ4v) is 8.57. The highest BCUT2D eigenvalue weighted by Crippen LogP contribution is 2.31. The summed E-state index contributed by atoms with van der Waals surface area (Å²) < 4.78 is 29.8. The van der Waals surface area contributed by atoms with Gasteiger partial charge in [-0.05, 0) is 55.3 Å². The molecule has 0 unspecified atom stereocenters. The second kappa shape index (κ2) is 12.2. The molecule has 14 heteroatoms. The summed E-state index contributed by atoms with van der Waals surface area (Å²) in [6.07, 6.45) is 2.80. The fraction of sp³-hybridized carbons (Fsp3) is 0.577. The summed E-state index contributed by atoms with van der Waals surface area (Å²) in [6, 6.07) is 5.84. The summed E-state index contributed by atoms with van der Waals surface area (Å²) >= 11 is 7.17. The van der Waals surface area contributed by atoms with E-state index in [1.807, 2.05) is 4.90 Å². The van der Waals surface area contributed by atoms with Crippen LogP contribution in [0.25, 0.3) is 10.1 Å². The number of thiophene rings is 1. The molecule has 2 atom stereocenters. The number of amides is 4. The molecule has 0 aliphatic carbocycles. The number of piperidine rings is 1. The topological polar surface area (TPSA) is 122 Å². The smallest absolute Gasteiger partial charge is 0.317 e. The number of hydrogen-bond acceptors (Lipinski definition) is 7. The van der Waals surface area contributed by atoms with Gasteiger partial charge in [0.1, 0.15) is 10.3 Å². The minimum atomic E-state index is -3.92. The van der Waals surface area contributed by atoms with Gasteiger partial charge in [-0.3, -0.25) is 14.5 Å². The van der Waals surface area contributed by atoms with E-state index in [0.717, 1.165) is 53.9 Å². The Kier molecular flexibility index (Phi) is 8.86. The van der Waals surface area contributed by atoms with Crippen LogP contribution in [0, 0.1) is 0 Å². The van der Waals surface area contributed by atoms with Crippen molar-refractivity contribution in [1.29, 1.82) is 0 Å². The number of nitrogens with one attached hydrogen (secondary N) is 2. The van der Waals surface area contributed by atoms with Crippen molar-refractivity contribution in [2.24, 2.45) is 0 Å². The number of carbonyl (C=O) groups excluding carboxylic acids is 3. The number of benzene rings is 1. The highest BCUT2D eigenvalue weighted by atomic mass is 35.5. The van der Waals surface area contributed by atoms with Crippen LogP contribution in [0.4, 0.5) is 4.79 Å². The standard InChI is InChI=1S/C26H35ClN6O5S2/c1-28-26(36)31-12-10-30(11-13-31)16-20-4-2-9-33(20)23(34)17-32-8-3-5-21(25(32)35)29-40(37,38)24-15-18-14-19(27)6-7-22(18)39-24/h6-7,14-15,20-21,29H,2-5,8-13,16-17H2,1H3,(H,28,36)/t20-,21-/m0/s1. The molecule has 1 aromatic heterocycles. The number of halogens is 1. The lowest BCUT2D eigenvalue weighted by molar-refractivity contribution is -0.143. The van der Waals surface area contributed by atoms with Crippen LogP contribution >= 0.6 is 22.9 Å². The number of sulfonamides is 1. The molecule has 40 heavy (non-hydrogen) atoms. The van der Waals surface area contributed by atoms with Crippen molar-refractivity contribution in [2.75, 3.05) is 59.4 Å². The van der Waals surface area contributed by atoms with E-state index in [9.17, 15) is 22.8 Å². The van der Waals surface area contributed by atoms with E-state index >= 15 is 0 Å². The molecule has 1 aromatic carbocycles. The third-order valence-electron chi connectivity index (χ3n) is 7.91. The molecule has 11 nitrogen and oxygen atoms in total. The maximum absolute atomic E-state index is 13.3. The van der Waals surface area contributed by atoms with E-state index in [0.29, 0.717) is 44.0 Å². The molecule has 5 rings (SSSR count). The van der Waals surface area contributed by atoms with Gasteiger partial charge in [0.15, 0.2) is 0 Å². The lowest BCUT2D eigenvalue weighted by Gasteiger charge is -2.38. The van der Waals surface area contributed by atoms with Crippen LogP contribution in [-0.4, -0.2) is 117 Å². The monoisotopic (exact) mass is 610 g/mol. The van der Waals surface area contributed by atoms with E-state index in [2.05, 4.69) is 14.9 Å². The van der Waals surface area contributed by atoms with Crippen molar-refractivity contribution in [3.63, 3.8) is 0 Å². The molecule has 0 bridgehead atoms. The maximum Gasteiger partial charge on any atom is 0.317 e. The maximum atomic E-state index is 13.3. The predicted molar refractivity (Wildman–Crippen MR) is 154 cm³/mol. The molecule has 0 saturated carbocycles. The number of piperazine rings is 1. The number of carbonyl (C=O) groups is 3. The number of nitrogens with zero attached hydrogens (tertiary/aromatic N) is 4. The average Bonchev–Trinajstić information content (AvgIpc) is 3.58. The number of hydrogen-bond donors (Lipinski definition) is 2. The zero-order valence-electron chi connectivity index (χ0n) is 22.5. The molecule has 2 N–H and O–H groups in total. The molecular formula is C26H35ClN6O5S2. The predicted octanol–water partition coefficient (Wildman–Crippen LogP) is 1.77. The summed E-state index contributed by atoms with van der Waals surface area (Å²) in [5, 5.41) is 3.91. The first-order valence-corrected chi connectivity index (χ1v) is 16.3. The zero-order chi connectivity index (χ0) is 28.4. The van der Waals surface area contributed by atoms with Crippen molar-refractivity contribution < 1.29 is 22.8 Å². The summed E-state index contributed by atoms with van der Waals surface area (Å²) in [5.74, 6) is -0.474. The quantitative estimate of drug-likeness (QED) is 0.493. The molecule has 3 aliphatic rings. The van der Waals surface area contributed by atoms with Gasteiger partial charge in [-0.25, -0.2) is 13.2 Å². The van der Waals surface area contributed by atoms with E-state index in [1.165, 1.54) is 4.90 Å². The summed E-state index contributed by atoms with van der Waals surface area (Å²) in [6.45, 7) is 4.56. The number of fused-ring (bicyclic) bond motifs is 1. The number of rotatable bonds is 7. The van der Waals surface area contributed by atoms with Crippen LogP contribution in [-0.2, 0) is 19.6 Å². The zero-order valence-corrected chi connectivity index (χ0v) is 24.9. The minimum absolute atomic E-state index is 0.0562. The molecule has 2 aromatic rings. The molecule has 3 aliphatic heterocycles. The minimum Gasteiger partial charge on any atom is -0.341 e. The van der Waals surface area contributed by atoms with Gasteiger partial charge in [0.25, 0.3) is 10.0 Å². The second-order valence-electron chi connectivity index (χ2n) is 10.5. The average molecular weight is 611 g/mol. The van der Waals surface area contributed by atoms with Crippen LogP contribution in [0.1, 0.15) is 25.7 Å². The molecule has 3 fully saturated rings. The highest BCUT2D eigenvalue weighted by Gasteiger charge is 2.37. The Morgan fingerprint density at radius 2 is 1.80 bits per heavy atom. The Morgan fingerprint density at radius 1 is 1.05 bits per heavy atom. The van der Waals surface area contributed by atoms with E-state index in [-0.39, 0.29) is 34.6 Å². The van der Waals surface area contributed by atoms with Gasteiger partial charge in [0.05, 0.1) is 6.54 Å². The van der Waals surface area contributed by atoms with Gasteiger partial charge in [-0.2, -0.15) is 4.72 Å². The van der Waals surface area contributed by atoms with E-state index in [1.54, 1.807) is 36.2 Å². The lowest BCUT2D eigenvalue weighted by Crippen LogP contribution is -2.56. The summed E-state index contributed by atoms with van der Waals surface area (Å²) in [5.41, 5.74) is 0. The Balaban J connectivity index is 1.17. The highest BCUT2D eigenvalue weighted by molar-refractivity contribution is 7.91. The molecule has 218 valence electrons. The number of urea groups is 1. The normalized spacial score (nSPS) is 22.8. The van der Waals surface area contributed by atoms with Crippen LogP contribution in [0.5, 0.6) is 0 Å². The van der Waals surface area contributed by atoms with Crippen molar-refractivity contribution in [2.45, 2.75) is 42.0 Å². The van der Waals surface area contributed by atoms with Gasteiger partial charge < -0.3 is 20.0 Å². The van der Waals surface area contributed by atoms with Crippen molar-refractivity contribution in [1.82, 2.24) is 29.6 Å². The van der Waals surface area contributed by atoms with Gasteiger partial charge in [0.2, 0.25) is 11.8 Å². The molecule has 4 amide bonds. The van der Waals surface area contributed by atoms with Crippen molar-refractivity contribution in [3.8, 4) is 0 Å². The Bertz CT molecular complexity index is 1380. The van der Waals surface area contributed by atoms with E-state index in [4.69, 9.17) is 11.6 Å². The largest absolute Gasteiger partial charge is 0.341 e. The van der Waals surface area contributed by atoms with Crippen LogP contribution in [0.15, 0.2) is 28.5 Å². The number of likely N-dealkylation sites (tertiary alicyclic amines) is 2. The fourth-order valence-electron chi connectivity index (χ4n) is 5.77. The van der Waals surface area contributed by atoms with Gasteiger partial charge >= 0.3 is 6.03 Å². The Hall–Kier alpha value is -2.45. The van der Waals surface area contributed by atoms with Crippen molar-refractivity contribution >= 4 is 60.9 Å². The molecule has 4 heterocycles. The first kappa shape index (κ1) is 29.1. The van der Waals surface area contributed by atoms with Crippen LogP contribution < -0.4 is 10.0 Å². The van der Waals surface area contributed by atoms with Crippen molar-refractivity contribution in [3.05, 3.63) is 29.3 Å². The molecule has 0 spiro atoms. The Labute approximate surface area is 243 Å². The van der Waals surface area contributed by atoms with Crippen LogP contribution in [0.2, 0.25) is 5.02 Å². The SMILES string of the molecule is CNC(=O)N1CCN(C[C@@H]2CCCN2C(=O)CN2CCC[C@H](NS(=O)(=O)c3cc4cc(Cl)ccc4s3)C2=O)CC1. The second-order valence-corrected chi connectivity index (χ2v) is 14.0. The summed E-state index contributed by atoms with van der Waals surface area (Å²) in [7, 11) is -2.29. The first-order valence-electron chi connectivity index (χ1n) is 13.6. The van der Waals surface area contributed by atoms with Gasteiger partial charge in [0, 0.05) is 68.6 Å². The third kappa shape index (κ3) is 6.38. The van der Waals surface area contributed by atoms with Gasteiger partial charge in [-0.15, -0.1) is 11.3 Å². The summed E-state index contributed by atoms with van der Waals surface area (Å²) in [4.78, 5) is 45.9.